The maximum Gasteiger partial charge on any atom is 0.289 e. The molecule has 0 spiro atoms. The van der Waals surface area contributed by atoms with Gasteiger partial charge in [-0.05, 0) is 32.3 Å². The molecule has 3 amide bonds. The van der Waals surface area contributed by atoms with E-state index in [-0.39, 0.29) is 29.8 Å². The van der Waals surface area contributed by atoms with Crippen molar-refractivity contribution >= 4 is 34.7 Å². The van der Waals surface area contributed by atoms with Crippen LogP contribution in [0.25, 0.3) is 5.65 Å². The molecule has 1 aromatic carbocycles. The number of aromatic nitrogens is 5. The van der Waals surface area contributed by atoms with Crippen LogP contribution in [0.5, 0.6) is 0 Å². The van der Waals surface area contributed by atoms with Crippen LogP contribution in [0.15, 0.2) is 41.8 Å². The first-order valence-electron chi connectivity index (χ1n) is 12.0. The molecule has 0 saturated carbocycles. The second-order valence-corrected chi connectivity index (χ2v) is 9.88. The van der Waals surface area contributed by atoms with Gasteiger partial charge in [0.25, 0.3) is 11.8 Å². The minimum absolute atomic E-state index is 0.145. The summed E-state index contributed by atoms with van der Waals surface area (Å²) in [6.07, 6.45) is 1.62. The summed E-state index contributed by atoms with van der Waals surface area (Å²) < 4.78 is 1.65. The number of nitrogens with zero attached hydrogens (tertiary/aromatic N) is 6. The van der Waals surface area contributed by atoms with E-state index in [1.165, 1.54) is 11.3 Å². The van der Waals surface area contributed by atoms with Gasteiger partial charge in [-0.1, -0.05) is 30.3 Å². The third-order valence-electron chi connectivity index (χ3n) is 6.34. The number of benzene rings is 1. The number of hydrogen-bond acceptors (Lipinski definition) is 8. The van der Waals surface area contributed by atoms with Crippen molar-refractivity contribution in [1.82, 2.24) is 40.5 Å². The van der Waals surface area contributed by atoms with Crippen LogP contribution in [0.1, 0.15) is 61.7 Å². The summed E-state index contributed by atoms with van der Waals surface area (Å²) in [7, 11) is 0. The summed E-state index contributed by atoms with van der Waals surface area (Å²) in [5, 5.41) is 15.2. The standard InChI is InChI=1S/C25H26N8O3S/c1-15-12-20-27-29-22(16(2)33(20)31-15)25(36)32-10-8-18(9-11-32)24-26-19(14-37-24)23(35)30-28-21(34)13-17-6-4-3-5-7-17/h3-7,12,14,18H,8-11,13H2,1-2H3,(H,28,34)(H,30,35). The van der Waals surface area contributed by atoms with Gasteiger partial charge in [0.05, 0.1) is 22.8 Å². The molecule has 1 saturated heterocycles. The zero-order valence-electron chi connectivity index (χ0n) is 20.5. The number of likely N-dealkylation sites (tertiary alicyclic amines) is 1. The van der Waals surface area contributed by atoms with Gasteiger partial charge < -0.3 is 4.90 Å². The summed E-state index contributed by atoms with van der Waals surface area (Å²) in [5.74, 6) is -0.792. The van der Waals surface area contributed by atoms with Crippen LogP contribution in [0, 0.1) is 13.8 Å². The Bertz CT molecular complexity index is 1460. The second kappa shape index (κ2) is 10.4. The minimum atomic E-state index is -0.463. The Labute approximate surface area is 216 Å². The van der Waals surface area contributed by atoms with Crippen molar-refractivity contribution in [2.75, 3.05) is 13.1 Å². The van der Waals surface area contributed by atoms with Crippen LogP contribution >= 0.6 is 11.3 Å². The smallest absolute Gasteiger partial charge is 0.289 e. The molecule has 3 aromatic heterocycles. The number of carbonyl (C=O) groups excluding carboxylic acids is 3. The van der Waals surface area contributed by atoms with Gasteiger partial charge in [-0.25, -0.2) is 9.50 Å². The van der Waals surface area contributed by atoms with Crippen molar-refractivity contribution in [1.29, 1.82) is 0 Å². The van der Waals surface area contributed by atoms with Gasteiger partial charge in [0.15, 0.2) is 11.3 Å². The van der Waals surface area contributed by atoms with E-state index in [9.17, 15) is 14.4 Å². The van der Waals surface area contributed by atoms with Crippen LogP contribution in [-0.4, -0.2) is 60.5 Å². The summed E-state index contributed by atoms with van der Waals surface area (Å²) in [6.45, 7) is 4.80. The average Bonchev–Trinajstić information content (AvgIpc) is 3.55. The molecule has 1 aliphatic rings. The molecule has 190 valence electrons. The third kappa shape index (κ3) is 5.33. The van der Waals surface area contributed by atoms with Gasteiger partial charge in [-0.15, -0.1) is 21.5 Å². The molecule has 1 fully saturated rings. The average molecular weight is 519 g/mol. The summed E-state index contributed by atoms with van der Waals surface area (Å²) in [5.41, 5.74) is 8.37. The fourth-order valence-electron chi connectivity index (χ4n) is 4.35. The van der Waals surface area contributed by atoms with E-state index in [1.807, 2.05) is 50.2 Å². The predicted molar refractivity (Wildman–Crippen MR) is 136 cm³/mol. The lowest BCUT2D eigenvalue weighted by Gasteiger charge is -2.31. The molecule has 0 atom stereocenters. The zero-order chi connectivity index (χ0) is 25.9. The van der Waals surface area contributed by atoms with Gasteiger partial charge in [-0.2, -0.15) is 5.10 Å². The molecule has 0 radical (unpaired) electrons. The Hall–Kier alpha value is -4.19. The number of nitrogens with one attached hydrogen (secondary N) is 2. The van der Waals surface area contributed by atoms with Crippen molar-refractivity contribution in [2.45, 2.75) is 39.0 Å². The highest BCUT2D eigenvalue weighted by Gasteiger charge is 2.29. The minimum Gasteiger partial charge on any atom is -0.337 e. The maximum absolute atomic E-state index is 13.1. The van der Waals surface area contributed by atoms with Gasteiger partial charge >= 0.3 is 0 Å². The number of rotatable bonds is 5. The fourth-order valence-corrected chi connectivity index (χ4v) is 5.32. The molecule has 4 heterocycles. The Balaban J connectivity index is 1.14. The molecular formula is C25H26N8O3S. The molecule has 37 heavy (non-hydrogen) atoms. The van der Waals surface area contributed by atoms with Crippen molar-refractivity contribution < 1.29 is 14.4 Å². The number of hydrazine groups is 1. The summed E-state index contributed by atoms with van der Waals surface area (Å²) >= 11 is 1.41. The molecule has 2 N–H and O–H groups in total. The SMILES string of the molecule is Cc1cc2nnc(C(=O)N3CCC(c4nc(C(=O)NNC(=O)Cc5ccccc5)cs4)CC3)c(C)n2n1. The first-order valence-corrected chi connectivity index (χ1v) is 12.8. The van der Waals surface area contributed by atoms with Crippen LogP contribution in [0.3, 0.4) is 0 Å². The quantitative estimate of drug-likeness (QED) is 0.387. The number of aryl methyl sites for hydroxylation is 2. The third-order valence-corrected chi connectivity index (χ3v) is 7.34. The Morgan fingerprint density at radius 3 is 2.57 bits per heavy atom. The van der Waals surface area contributed by atoms with Gasteiger partial charge in [0, 0.05) is 30.5 Å². The lowest BCUT2D eigenvalue weighted by Crippen LogP contribution is -2.42. The fraction of sp³-hybridized carbons (Fsp3) is 0.320. The van der Waals surface area contributed by atoms with E-state index in [0.29, 0.717) is 30.1 Å². The summed E-state index contributed by atoms with van der Waals surface area (Å²) in [4.78, 5) is 44.0. The molecule has 0 unspecified atom stereocenters. The van der Waals surface area contributed by atoms with E-state index in [0.717, 1.165) is 29.1 Å². The molecule has 4 aromatic rings. The number of piperidine rings is 1. The lowest BCUT2D eigenvalue weighted by molar-refractivity contribution is -0.121. The number of hydrogen-bond donors (Lipinski definition) is 2. The molecule has 1 aliphatic heterocycles. The zero-order valence-corrected chi connectivity index (χ0v) is 21.3. The van der Waals surface area contributed by atoms with Crippen LogP contribution in [-0.2, 0) is 11.2 Å². The van der Waals surface area contributed by atoms with Gasteiger partial charge in [0.1, 0.15) is 5.69 Å². The highest BCUT2D eigenvalue weighted by atomic mass is 32.1. The summed E-state index contributed by atoms with van der Waals surface area (Å²) in [6, 6.07) is 11.1. The molecule has 11 nitrogen and oxygen atoms in total. The molecule has 0 bridgehead atoms. The van der Waals surface area contributed by atoms with Crippen LogP contribution < -0.4 is 10.9 Å². The van der Waals surface area contributed by atoms with Gasteiger partial charge in [0.2, 0.25) is 5.91 Å². The van der Waals surface area contributed by atoms with E-state index in [1.54, 1.807) is 14.8 Å². The topological polar surface area (TPSA) is 134 Å². The second-order valence-electron chi connectivity index (χ2n) is 8.99. The Morgan fingerprint density at radius 2 is 1.81 bits per heavy atom. The number of thiazole rings is 1. The number of amides is 3. The highest BCUT2D eigenvalue weighted by Crippen LogP contribution is 2.31. The molecule has 5 rings (SSSR count). The van der Waals surface area contributed by atoms with Crippen molar-refractivity contribution in [2.24, 2.45) is 0 Å². The van der Waals surface area contributed by atoms with E-state index in [4.69, 9.17) is 0 Å². The van der Waals surface area contributed by atoms with Crippen LogP contribution in [0.4, 0.5) is 0 Å². The maximum atomic E-state index is 13.1. The van der Waals surface area contributed by atoms with E-state index in [2.05, 4.69) is 31.1 Å². The number of fused-ring (bicyclic) bond motifs is 1. The molecule has 0 aliphatic carbocycles. The first kappa shape index (κ1) is 24.5. The highest BCUT2D eigenvalue weighted by molar-refractivity contribution is 7.09. The monoisotopic (exact) mass is 518 g/mol. The van der Waals surface area contributed by atoms with Gasteiger partial charge in [-0.3, -0.25) is 25.2 Å². The lowest BCUT2D eigenvalue weighted by atomic mass is 9.97. The molecule has 12 heteroatoms. The van der Waals surface area contributed by atoms with Crippen molar-refractivity contribution in [3.63, 3.8) is 0 Å². The Morgan fingerprint density at radius 1 is 1.05 bits per heavy atom. The van der Waals surface area contributed by atoms with Crippen molar-refractivity contribution in [3.05, 3.63) is 75.1 Å². The largest absolute Gasteiger partial charge is 0.337 e. The van der Waals surface area contributed by atoms with E-state index < -0.39 is 5.91 Å². The predicted octanol–water partition coefficient (Wildman–Crippen LogP) is 2.22. The van der Waals surface area contributed by atoms with Crippen LogP contribution in [0.2, 0.25) is 0 Å². The Kier molecular flexibility index (Phi) is 6.91. The normalized spacial score (nSPS) is 14.1. The number of carbonyl (C=O) groups is 3. The van der Waals surface area contributed by atoms with Crippen molar-refractivity contribution in [3.8, 4) is 0 Å². The first-order chi connectivity index (χ1) is 17.9. The molecular weight excluding hydrogens is 492 g/mol. The van der Waals surface area contributed by atoms with E-state index >= 15 is 0 Å².